The van der Waals surface area contributed by atoms with Crippen LogP contribution in [0.3, 0.4) is 0 Å². The summed E-state index contributed by atoms with van der Waals surface area (Å²) in [7, 11) is 1.73. The van der Waals surface area contributed by atoms with Crippen molar-refractivity contribution < 1.29 is 4.74 Å². The van der Waals surface area contributed by atoms with Gasteiger partial charge in [-0.2, -0.15) is 0 Å². The molecule has 5 heteroatoms. The number of thioether (sulfide) groups is 1. The molecule has 1 N–H and O–H groups in total. The summed E-state index contributed by atoms with van der Waals surface area (Å²) in [6, 6.07) is 8.68. The SMILES string of the molecule is COCC(C)NCCSc1nc2ccccc2s1. The third kappa shape index (κ3) is 3.95. The van der Waals surface area contributed by atoms with Crippen LogP contribution in [0.5, 0.6) is 0 Å². The molecule has 1 aromatic heterocycles. The normalized spacial score (nSPS) is 13.0. The number of rotatable bonds is 7. The Bertz CT molecular complexity index is 454. The molecule has 0 saturated carbocycles. The molecule has 98 valence electrons. The minimum absolute atomic E-state index is 0.408. The third-order valence-electron chi connectivity index (χ3n) is 2.51. The minimum atomic E-state index is 0.408. The first kappa shape index (κ1) is 13.8. The molecule has 1 aromatic carbocycles. The highest BCUT2D eigenvalue weighted by molar-refractivity contribution is 8.01. The Morgan fingerprint density at radius 1 is 1.44 bits per heavy atom. The lowest BCUT2D eigenvalue weighted by atomic mass is 10.3. The van der Waals surface area contributed by atoms with Crippen molar-refractivity contribution in [1.82, 2.24) is 10.3 Å². The van der Waals surface area contributed by atoms with Crippen LogP contribution in [0.15, 0.2) is 28.6 Å². The molecule has 1 unspecified atom stereocenters. The molecule has 0 spiro atoms. The predicted molar refractivity (Wildman–Crippen MR) is 79.7 cm³/mol. The molecule has 0 aliphatic carbocycles. The second kappa shape index (κ2) is 7.09. The highest BCUT2D eigenvalue weighted by Crippen LogP contribution is 2.28. The van der Waals surface area contributed by atoms with E-state index in [-0.39, 0.29) is 0 Å². The van der Waals surface area contributed by atoms with Crippen LogP contribution in [-0.4, -0.2) is 37.0 Å². The summed E-state index contributed by atoms with van der Waals surface area (Å²) in [4.78, 5) is 4.59. The van der Waals surface area contributed by atoms with Gasteiger partial charge in [-0.25, -0.2) is 4.98 Å². The number of para-hydroxylation sites is 1. The monoisotopic (exact) mass is 282 g/mol. The average Bonchev–Trinajstić information content (AvgIpc) is 2.77. The van der Waals surface area contributed by atoms with E-state index in [0.717, 1.165) is 28.8 Å². The maximum Gasteiger partial charge on any atom is 0.151 e. The molecule has 0 saturated heterocycles. The molecule has 2 rings (SSSR count). The molecule has 3 nitrogen and oxygen atoms in total. The first-order valence-corrected chi connectivity index (χ1v) is 7.80. The number of nitrogens with zero attached hydrogens (tertiary/aromatic N) is 1. The highest BCUT2D eigenvalue weighted by Gasteiger charge is 2.04. The van der Waals surface area contributed by atoms with Gasteiger partial charge in [0.05, 0.1) is 16.8 Å². The van der Waals surface area contributed by atoms with Crippen LogP contribution in [0, 0.1) is 0 Å². The zero-order valence-electron chi connectivity index (χ0n) is 10.7. The van der Waals surface area contributed by atoms with Crippen LogP contribution >= 0.6 is 23.1 Å². The fourth-order valence-corrected chi connectivity index (χ4v) is 3.67. The van der Waals surface area contributed by atoms with Crippen molar-refractivity contribution >= 4 is 33.3 Å². The molecule has 0 amide bonds. The first-order chi connectivity index (χ1) is 8.79. The Morgan fingerprint density at radius 2 is 2.28 bits per heavy atom. The van der Waals surface area contributed by atoms with Gasteiger partial charge in [-0.15, -0.1) is 11.3 Å². The van der Waals surface area contributed by atoms with Gasteiger partial charge in [0.2, 0.25) is 0 Å². The fourth-order valence-electron chi connectivity index (χ4n) is 1.67. The van der Waals surface area contributed by atoms with Gasteiger partial charge in [0.15, 0.2) is 4.34 Å². The summed E-state index contributed by atoms with van der Waals surface area (Å²) in [5.74, 6) is 1.04. The van der Waals surface area contributed by atoms with Gasteiger partial charge in [-0.3, -0.25) is 0 Å². The lowest BCUT2D eigenvalue weighted by Gasteiger charge is -2.11. The van der Waals surface area contributed by atoms with Crippen molar-refractivity contribution in [2.24, 2.45) is 0 Å². The summed E-state index contributed by atoms with van der Waals surface area (Å²) < 4.78 is 7.49. The van der Waals surface area contributed by atoms with Crippen LogP contribution in [0.2, 0.25) is 0 Å². The van der Waals surface area contributed by atoms with Gasteiger partial charge in [0, 0.05) is 25.4 Å². The van der Waals surface area contributed by atoms with Gasteiger partial charge in [-0.1, -0.05) is 23.9 Å². The molecule has 18 heavy (non-hydrogen) atoms. The minimum Gasteiger partial charge on any atom is -0.383 e. The van der Waals surface area contributed by atoms with Crippen molar-refractivity contribution in [3.63, 3.8) is 0 Å². The number of aromatic nitrogens is 1. The van der Waals surface area contributed by atoms with Crippen LogP contribution < -0.4 is 5.32 Å². The fraction of sp³-hybridized carbons (Fsp3) is 0.462. The van der Waals surface area contributed by atoms with Gasteiger partial charge in [0.25, 0.3) is 0 Å². The van der Waals surface area contributed by atoms with Crippen LogP contribution in [0.4, 0.5) is 0 Å². The number of benzene rings is 1. The van der Waals surface area contributed by atoms with Gasteiger partial charge >= 0.3 is 0 Å². The first-order valence-electron chi connectivity index (χ1n) is 6.00. The zero-order chi connectivity index (χ0) is 12.8. The van der Waals surface area contributed by atoms with E-state index in [1.54, 1.807) is 18.4 Å². The Hall–Kier alpha value is -0.620. The molecule has 1 atom stereocenters. The quantitative estimate of drug-likeness (QED) is 0.625. The van der Waals surface area contributed by atoms with Crippen molar-refractivity contribution in [1.29, 1.82) is 0 Å². The summed E-state index contributed by atoms with van der Waals surface area (Å²) in [5, 5.41) is 3.42. The number of fused-ring (bicyclic) bond motifs is 1. The molecule has 0 aliphatic rings. The number of nitrogens with one attached hydrogen (secondary N) is 1. The van der Waals surface area contributed by atoms with E-state index in [9.17, 15) is 0 Å². The molecule has 2 aromatic rings. The van der Waals surface area contributed by atoms with Crippen LogP contribution in [0.1, 0.15) is 6.92 Å². The molecule has 0 bridgehead atoms. The molecule has 0 fully saturated rings. The second-order valence-electron chi connectivity index (χ2n) is 4.11. The molecule has 0 aliphatic heterocycles. The largest absolute Gasteiger partial charge is 0.383 e. The van der Waals surface area contributed by atoms with E-state index in [1.807, 2.05) is 17.8 Å². The topological polar surface area (TPSA) is 34.1 Å². The van der Waals surface area contributed by atoms with Crippen molar-refractivity contribution in [2.75, 3.05) is 26.0 Å². The Kier molecular flexibility index (Phi) is 5.44. The van der Waals surface area contributed by atoms with E-state index in [1.165, 1.54) is 4.70 Å². The van der Waals surface area contributed by atoms with Crippen molar-refractivity contribution in [3.05, 3.63) is 24.3 Å². The summed E-state index contributed by atoms with van der Waals surface area (Å²) in [5.41, 5.74) is 1.10. The summed E-state index contributed by atoms with van der Waals surface area (Å²) in [6.45, 7) is 3.86. The van der Waals surface area contributed by atoms with Crippen LogP contribution in [0.25, 0.3) is 10.2 Å². The van der Waals surface area contributed by atoms with E-state index in [4.69, 9.17) is 4.74 Å². The van der Waals surface area contributed by atoms with Gasteiger partial charge in [-0.05, 0) is 19.1 Å². The standard InChI is InChI=1S/C13H18N2OS2/c1-10(9-16-2)14-7-8-17-13-15-11-5-3-4-6-12(11)18-13/h3-6,10,14H,7-9H2,1-2H3. The molecular weight excluding hydrogens is 264 g/mol. The summed E-state index contributed by atoms with van der Waals surface area (Å²) >= 11 is 3.58. The number of ether oxygens (including phenoxy) is 1. The Balaban J connectivity index is 1.76. The second-order valence-corrected chi connectivity index (χ2v) is 6.48. The molecular formula is C13H18N2OS2. The predicted octanol–water partition coefficient (Wildman–Crippen LogP) is 3.01. The van der Waals surface area contributed by atoms with Gasteiger partial charge < -0.3 is 10.1 Å². The average molecular weight is 282 g/mol. The van der Waals surface area contributed by atoms with E-state index in [0.29, 0.717) is 6.04 Å². The third-order valence-corrected chi connectivity index (χ3v) is 4.69. The van der Waals surface area contributed by atoms with E-state index >= 15 is 0 Å². The number of hydrogen-bond donors (Lipinski definition) is 1. The number of hydrogen-bond acceptors (Lipinski definition) is 5. The maximum atomic E-state index is 5.08. The molecule has 1 heterocycles. The maximum absolute atomic E-state index is 5.08. The van der Waals surface area contributed by atoms with Crippen molar-refractivity contribution in [3.8, 4) is 0 Å². The van der Waals surface area contributed by atoms with E-state index in [2.05, 4.69) is 35.4 Å². The molecule has 0 radical (unpaired) electrons. The zero-order valence-corrected chi connectivity index (χ0v) is 12.3. The lowest BCUT2D eigenvalue weighted by Crippen LogP contribution is -2.31. The Labute approximate surface area is 116 Å². The van der Waals surface area contributed by atoms with Gasteiger partial charge in [0.1, 0.15) is 0 Å². The Morgan fingerprint density at radius 3 is 3.06 bits per heavy atom. The van der Waals surface area contributed by atoms with Crippen molar-refractivity contribution in [2.45, 2.75) is 17.3 Å². The van der Waals surface area contributed by atoms with Crippen LogP contribution in [-0.2, 0) is 4.74 Å². The smallest absolute Gasteiger partial charge is 0.151 e. The lowest BCUT2D eigenvalue weighted by molar-refractivity contribution is 0.173. The number of thiazole rings is 1. The van der Waals surface area contributed by atoms with E-state index < -0.39 is 0 Å². The highest BCUT2D eigenvalue weighted by atomic mass is 32.2. The number of methoxy groups -OCH3 is 1. The summed E-state index contributed by atoms with van der Waals surface area (Å²) in [6.07, 6.45) is 0.